The van der Waals surface area contributed by atoms with Crippen molar-refractivity contribution in [3.8, 4) is 11.8 Å². The van der Waals surface area contributed by atoms with Crippen molar-refractivity contribution in [1.29, 1.82) is 0 Å². The third-order valence-corrected chi connectivity index (χ3v) is 9.93. The van der Waals surface area contributed by atoms with Crippen molar-refractivity contribution in [3.63, 3.8) is 0 Å². The Morgan fingerprint density at radius 2 is 1.70 bits per heavy atom. The lowest BCUT2D eigenvalue weighted by molar-refractivity contribution is -0.112. The van der Waals surface area contributed by atoms with E-state index in [1.165, 1.54) is 10.6 Å². The first-order valence-electron chi connectivity index (χ1n) is 12.9. The molecule has 1 aromatic heterocycles. The van der Waals surface area contributed by atoms with E-state index in [9.17, 15) is 13.2 Å². The van der Waals surface area contributed by atoms with Gasteiger partial charge in [-0.1, -0.05) is 0 Å². The van der Waals surface area contributed by atoms with Gasteiger partial charge in [-0.25, -0.2) is 17.5 Å². The molecule has 0 radical (unpaired) electrons. The second-order valence-electron chi connectivity index (χ2n) is 11.0. The SMILES string of the molecule is CC(C)S(=O)(=O)N1CCC(Oc2ncnc(OC3C4COCC3CN(C(=O)OC3(C)CC3)C4)c2F)CC1. The number of ether oxygens (including phenoxy) is 4. The van der Waals surface area contributed by atoms with E-state index in [0.29, 0.717) is 52.2 Å². The molecule has 1 aromatic rings. The van der Waals surface area contributed by atoms with E-state index >= 15 is 4.39 Å². The number of fused-ring (bicyclic) bond motifs is 2. The summed E-state index contributed by atoms with van der Waals surface area (Å²) >= 11 is 0. The highest BCUT2D eigenvalue weighted by Crippen LogP contribution is 2.40. The van der Waals surface area contributed by atoms with E-state index < -0.39 is 21.1 Å². The number of carbonyl (C=O) groups is 1. The van der Waals surface area contributed by atoms with Gasteiger partial charge >= 0.3 is 6.09 Å². The maximum absolute atomic E-state index is 15.3. The van der Waals surface area contributed by atoms with Crippen molar-refractivity contribution in [1.82, 2.24) is 19.2 Å². The Balaban J connectivity index is 1.20. The van der Waals surface area contributed by atoms with E-state index in [-0.39, 0.29) is 47.5 Å². The van der Waals surface area contributed by atoms with Crippen LogP contribution in [-0.4, -0.2) is 96.1 Å². The normalized spacial score (nSPS) is 28.1. The molecule has 2 bridgehead atoms. The van der Waals surface area contributed by atoms with Crippen molar-refractivity contribution in [3.05, 3.63) is 12.1 Å². The molecule has 4 heterocycles. The van der Waals surface area contributed by atoms with Crippen LogP contribution in [0.25, 0.3) is 0 Å². The average molecular weight is 543 g/mol. The number of sulfonamides is 1. The number of amides is 1. The minimum Gasteiger partial charge on any atom is -0.472 e. The molecule has 2 unspecified atom stereocenters. The van der Waals surface area contributed by atoms with Crippen molar-refractivity contribution >= 4 is 16.1 Å². The lowest BCUT2D eigenvalue weighted by atomic mass is 9.84. The average Bonchev–Trinajstić information content (AvgIpc) is 3.57. The van der Waals surface area contributed by atoms with Gasteiger partial charge in [0, 0.05) is 38.0 Å². The molecule has 1 amide bonds. The Morgan fingerprint density at radius 3 is 2.27 bits per heavy atom. The third-order valence-electron chi connectivity index (χ3n) is 7.66. The Bertz CT molecular complexity index is 1090. The number of halogens is 1. The molecule has 1 saturated carbocycles. The molecular weight excluding hydrogens is 507 g/mol. The van der Waals surface area contributed by atoms with E-state index in [1.54, 1.807) is 18.7 Å². The van der Waals surface area contributed by atoms with Crippen LogP contribution in [0.1, 0.15) is 46.5 Å². The first kappa shape index (κ1) is 26.4. The van der Waals surface area contributed by atoms with Crippen molar-refractivity contribution < 1.29 is 36.6 Å². The molecule has 0 spiro atoms. The number of piperidine rings is 2. The number of likely N-dealkylation sites (tertiary alicyclic amines) is 1. The smallest absolute Gasteiger partial charge is 0.410 e. The molecule has 4 aliphatic rings. The summed E-state index contributed by atoms with van der Waals surface area (Å²) in [4.78, 5) is 22.3. The first-order chi connectivity index (χ1) is 17.6. The molecule has 11 nitrogen and oxygen atoms in total. The Morgan fingerprint density at radius 1 is 1.11 bits per heavy atom. The quantitative estimate of drug-likeness (QED) is 0.511. The molecule has 3 saturated heterocycles. The molecule has 5 rings (SSSR count). The zero-order valence-electron chi connectivity index (χ0n) is 21.5. The molecule has 1 aliphatic carbocycles. The van der Waals surface area contributed by atoms with Crippen molar-refractivity contribution in [2.24, 2.45) is 11.8 Å². The van der Waals surface area contributed by atoms with Crippen LogP contribution in [0.3, 0.4) is 0 Å². The van der Waals surface area contributed by atoms with Gasteiger partial charge in [0.15, 0.2) is 0 Å². The summed E-state index contributed by atoms with van der Waals surface area (Å²) < 4.78 is 64.8. The van der Waals surface area contributed by atoms with Crippen LogP contribution >= 0.6 is 0 Å². The molecule has 2 atom stereocenters. The topological polar surface area (TPSA) is 120 Å². The fourth-order valence-electron chi connectivity index (χ4n) is 5.09. The van der Waals surface area contributed by atoms with Gasteiger partial charge in [-0.15, -0.1) is 0 Å². The zero-order chi connectivity index (χ0) is 26.4. The zero-order valence-corrected chi connectivity index (χ0v) is 22.3. The predicted molar refractivity (Wildman–Crippen MR) is 129 cm³/mol. The summed E-state index contributed by atoms with van der Waals surface area (Å²) in [5.74, 6) is -1.51. The first-order valence-corrected chi connectivity index (χ1v) is 14.4. The maximum atomic E-state index is 15.3. The van der Waals surface area contributed by atoms with Crippen molar-refractivity contribution in [2.45, 2.75) is 69.5 Å². The summed E-state index contributed by atoms with van der Waals surface area (Å²) in [5.41, 5.74) is -0.351. The summed E-state index contributed by atoms with van der Waals surface area (Å²) in [6.07, 6.45) is 2.74. The van der Waals surface area contributed by atoms with Crippen LogP contribution in [0, 0.1) is 17.7 Å². The van der Waals surface area contributed by atoms with Crippen LogP contribution in [-0.2, 0) is 19.5 Å². The fourth-order valence-corrected chi connectivity index (χ4v) is 6.40. The van der Waals surface area contributed by atoms with Gasteiger partial charge in [0.25, 0.3) is 11.8 Å². The number of rotatable bonds is 7. The molecule has 0 N–H and O–H groups in total. The summed E-state index contributed by atoms with van der Waals surface area (Å²) in [7, 11) is -3.34. The monoisotopic (exact) mass is 542 g/mol. The van der Waals surface area contributed by atoms with Crippen LogP contribution in [0.15, 0.2) is 6.33 Å². The molecule has 0 aromatic carbocycles. The Labute approximate surface area is 216 Å². The second-order valence-corrected chi connectivity index (χ2v) is 13.5. The number of hydrogen-bond donors (Lipinski definition) is 0. The van der Waals surface area contributed by atoms with Crippen LogP contribution in [0.2, 0.25) is 0 Å². The van der Waals surface area contributed by atoms with Crippen LogP contribution in [0.4, 0.5) is 9.18 Å². The highest BCUT2D eigenvalue weighted by Gasteiger charge is 2.47. The molecule has 13 heteroatoms. The minimum atomic E-state index is -3.34. The summed E-state index contributed by atoms with van der Waals surface area (Å²) in [6.45, 7) is 7.41. The van der Waals surface area contributed by atoms with E-state index in [1.807, 2.05) is 6.92 Å². The molecule has 206 valence electrons. The van der Waals surface area contributed by atoms with Gasteiger partial charge in [0.1, 0.15) is 24.1 Å². The molecular formula is C24H35FN4O7S. The molecule has 3 aliphatic heterocycles. The van der Waals surface area contributed by atoms with Crippen molar-refractivity contribution in [2.75, 3.05) is 39.4 Å². The predicted octanol–water partition coefficient (Wildman–Crippen LogP) is 2.21. The van der Waals surface area contributed by atoms with Gasteiger partial charge in [-0.3, -0.25) is 0 Å². The van der Waals surface area contributed by atoms with Gasteiger partial charge in [0.2, 0.25) is 15.8 Å². The Hall–Kier alpha value is -2.25. The lowest BCUT2D eigenvalue weighted by Gasteiger charge is -2.46. The van der Waals surface area contributed by atoms with Gasteiger partial charge in [-0.05, 0) is 46.5 Å². The standard InChI is InChI=1S/C24H35FN4O7S/c1-15(2)37(31,32)29-8-4-18(5-9-29)34-21-19(25)22(27-14-26-21)35-20-16-10-28(11-17(20)13-33-12-16)23(30)36-24(3)6-7-24/h14-18,20H,4-13H2,1-3H3. The number of hydrogen-bond acceptors (Lipinski definition) is 9. The number of carbonyl (C=O) groups excluding carboxylic acids is 1. The minimum absolute atomic E-state index is 0.155. The summed E-state index contributed by atoms with van der Waals surface area (Å²) in [5, 5.41) is -0.493. The third kappa shape index (κ3) is 5.63. The van der Waals surface area contributed by atoms with E-state index in [4.69, 9.17) is 18.9 Å². The van der Waals surface area contributed by atoms with Gasteiger partial charge in [-0.2, -0.15) is 14.4 Å². The Kier molecular flexibility index (Phi) is 7.22. The van der Waals surface area contributed by atoms with Gasteiger partial charge < -0.3 is 23.8 Å². The highest BCUT2D eigenvalue weighted by atomic mass is 32.2. The highest BCUT2D eigenvalue weighted by molar-refractivity contribution is 7.89. The summed E-state index contributed by atoms with van der Waals surface area (Å²) in [6, 6.07) is 0. The number of nitrogens with zero attached hydrogens (tertiary/aromatic N) is 4. The molecule has 4 fully saturated rings. The fraction of sp³-hybridized carbons (Fsp3) is 0.792. The van der Waals surface area contributed by atoms with Crippen LogP contribution < -0.4 is 9.47 Å². The maximum Gasteiger partial charge on any atom is 0.410 e. The second kappa shape index (κ2) is 10.1. The number of aromatic nitrogens is 2. The van der Waals surface area contributed by atoms with Gasteiger partial charge in [0.05, 0.1) is 18.5 Å². The van der Waals surface area contributed by atoms with E-state index in [2.05, 4.69) is 9.97 Å². The van der Waals surface area contributed by atoms with Crippen LogP contribution in [0.5, 0.6) is 11.8 Å². The lowest BCUT2D eigenvalue weighted by Crippen LogP contribution is -2.59. The molecule has 37 heavy (non-hydrogen) atoms. The van der Waals surface area contributed by atoms with E-state index in [0.717, 1.165) is 12.8 Å². The largest absolute Gasteiger partial charge is 0.472 e.